The van der Waals surface area contributed by atoms with Gasteiger partial charge in [-0.15, -0.1) is 15.3 Å². The number of aryl methyl sites for hydroxylation is 1. The average molecular weight is 393 g/mol. The van der Waals surface area contributed by atoms with Gasteiger partial charge in [-0.2, -0.15) is 0 Å². The molecule has 8 nitrogen and oxygen atoms in total. The van der Waals surface area contributed by atoms with Crippen LogP contribution in [0.25, 0.3) is 11.0 Å². The van der Waals surface area contributed by atoms with Crippen LogP contribution >= 0.6 is 11.8 Å². The number of benzene rings is 2. The molecule has 0 spiro atoms. The Morgan fingerprint density at radius 3 is 2.61 bits per heavy atom. The highest BCUT2D eigenvalue weighted by atomic mass is 32.2. The van der Waals surface area contributed by atoms with E-state index in [1.807, 2.05) is 47.0 Å². The van der Waals surface area contributed by atoms with E-state index in [1.54, 1.807) is 4.68 Å². The summed E-state index contributed by atoms with van der Waals surface area (Å²) in [6.07, 6.45) is 0.781. The summed E-state index contributed by atoms with van der Waals surface area (Å²) in [6, 6.07) is 17.8. The first-order valence-corrected chi connectivity index (χ1v) is 9.76. The van der Waals surface area contributed by atoms with Crippen LogP contribution in [0.1, 0.15) is 11.4 Å². The molecule has 28 heavy (non-hydrogen) atoms. The van der Waals surface area contributed by atoms with Gasteiger partial charge in [0.15, 0.2) is 11.0 Å². The van der Waals surface area contributed by atoms with E-state index in [4.69, 9.17) is 0 Å². The Kier molecular flexibility index (Phi) is 5.34. The second kappa shape index (κ2) is 8.22. The van der Waals surface area contributed by atoms with Gasteiger partial charge in [-0.05, 0) is 24.1 Å². The molecule has 0 unspecified atom stereocenters. The van der Waals surface area contributed by atoms with Crippen LogP contribution in [0.15, 0.2) is 59.8 Å². The Morgan fingerprint density at radius 1 is 1.00 bits per heavy atom. The normalized spacial score (nSPS) is 11.1. The third-order valence-electron chi connectivity index (χ3n) is 4.29. The number of carbonyl (C=O) groups excluding carboxylic acids is 1. The molecule has 0 aliphatic heterocycles. The third-order valence-corrected chi connectivity index (χ3v) is 5.23. The number of aliphatic carboxylic acids is 1. The highest BCUT2D eigenvalue weighted by Crippen LogP contribution is 2.19. The zero-order chi connectivity index (χ0) is 19.3. The van der Waals surface area contributed by atoms with Crippen molar-refractivity contribution in [2.24, 2.45) is 0 Å². The summed E-state index contributed by atoms with van der Waals surface area (Å²) >= 11 is 1.11. The molecule has 0 saturated carbocycles. The summed E-state index contributed by atoms with van der Waals surface area (Å²) in [5, 5.41) is 28.3. The van der Waals surface area contributed by atoms with Gasteiger partial charge in [-0.3, -0.25) is 0 Å². The SMILES string of the molecule is O=C([O-])CSc1nnc(Cn2nnc3ccccc32)n1CCc1ccccc1. The van der Waals surface area contributed by atoms with E-state index >= 15 is 0 Å². The molecule has 0 saturated heterocycles. The summed E-state index contributed by atoms with van der Waals surface area (Å²) in [7, 11) is 0. The van der Waals surface area contributed by atoms with Crippen molar-refractivity contribution in [2.75, 3.05) is 5.75 Å². The van der Waals surface area contributed by atoms with Crippen LogP contribution in [-0.2, 0) is 24.3 Å². The predicted molar refractivity (Wildman–Crippen MR) is 103 cm³/mol. The molecular formula is C19H17N6O2S-. The fraction of sp³-hybridized carbons (Fsp3) is 0.211. The fourth-order valence-corrected chi connectivity index (χ4v) is 3.64. The average Bonchev–Trinajstić information content (AvgIpc) is 3.30. The van der Waals surface area contributed by atoms with Crippen molar-refractivity contribution in [2.45, 2.75) is 24.7 Å². The van der Waals surface area contributed by atoms with Gasteiger partial charge >= 0.3 is 0 Å². The quantitative estimate of drug-likeness (QED) is 0.414. The van der Waals surface area contributed by atoms with Gasteiger partial charge in [-0.25, -0.2) is 4.68 Å². The van der Waals surface area contributed by atoms with E-state index in [0.29, 0.717) is 24.1 Å². The summed E-state index contributed by atoms with van der Waals surface area (Å²) in [5.74, 6) is -0.603. The first-order chi connectivity index (χ1) is 13.7. The number of rotatable bonds is 8. The van der Waals surface area contributed by atoms with Crippen molar-refractivity contribution in [1.82, 2.24) is 29.8 Å². The van der Waals surface area contributed by atoms with E-state index < -0.39 is 5.97 Å². The lowest BCUT2D eigenvalue weighted by molar-refractivity contribution is -0.301. The molecule has 0 radical (unpaired) electrons. The van der Waals surface area contributed by atoms with E-state index in [0.717, 1.165) is 29.2 Å². The van der Waals surface area contributed by atoms with E-state index in [1.165, 1.54) is 5.56 Å². The molecule has 0 fully saturated rings. The number of carboxylic acid groups (broad SMARTS) is 1. The van der Waals surface area contributed by atoms with Crippen molar-refractivity contribution >= 4 is 28.8 Å². The van der Waals surface area contributed by atoms with Crippen LogP contribution in [0.2, 0.25) is 0 Å². The monoisotopic (exact) mass is 393 g/mol. The second-order valence-corrected chi connectivity index (χ2v) is 7.13. The minimum absolute atomic E-state index is 0.171. The van der Waals surface area contributed by atoms with Gasteiger partial charge in [-0.1, -0.05) is 59.4 Å². The Hall–Kier alpha value is -3.20. The molecule has 4 aromatic rings. The van der Waals surface area contributed by atoms with Crippen LogP contribution in [0.3, 0.4) is 0 Å². The highest BCUT2D eigenvalue weighted by Gasteiger charge is 2.15. The molecule has 0 aliphatic rings. The smallest absolute Gasteiger partial charge is 0.191 e. The van der Waals surface area contributed by atoms with Gasteiger partial charge in [0, 0.05) is 12.3 Å². The standard InChI is InChI=1S/C19H18N6O2S/c26-18(27)13-28-19-22-21-17(24(19)11-10-14-6-2-1-3-7-14)12-25-16-9-5-4-8-15(16)20-23-25/h1-9H,10-13H2,(H,26,27)/p-1. The molecule has 142 valence electrons. The van der Waals surface area contributed by atoms with Gasteiger partial charge in [0.05, 0.1) is 11.5 Å². The Bertz CT molecular complexity index is 1090. The fourth-order valence-electron chi connectivity index (χ4n) is 2.94. The third kappa shape index (κ3) is 4.04. The number of carboxylic acids is 1. The van der Waals surface area contributed by atoms with Crippen molar-refractivity contribution in [3.05, 3.63) is 66.0 Å². The van der Waals surface area contributed by atoms with E-state index in [9.17, 15) is 9.90 Å². The number of carbonyl (C=O) groups is 1. The second-order valence-electron chi connectivity index (χ2n) is 6.18. The van der Waals surface area contributed by atoms with Crippen LogP contribution in [0, 0.1) is 0 Å². The maximum atomic E-state index is 10.9. The summed E-state index contributed by atoms with van der Waals surface area (Å²) in [5.41, 5.74) is 2.90. The number of para-hydroxylation sites is 1. The van der Waals surface area contributed by atoms with Crippen molar-refractivity contribution in [3.63, 3.8) is 0 Å². The molecule has 2 heterocycles. The number of fused-ring (bicyclic) bond motifs is 1. The molecule has 0 N–H and O–H groups in total. The van der Waals surface area contributed by atoms with Crippen molar-refractivity contribution in [3.8, 4) is 0 Å². The largest absolute Gasteiger partial charge is 0.549 e. The van der Waals surface area contributed by atoms with E-state index in [-0.39, 0.29) is 5.75 Å². The Labute approximate surface area is 165 Å². The van der Waals surface area contributed by atoms with Gasteiger partial charge in [0.25, 0.3) is 0 Å². The van der Waals surface area contributed by atoms with Crippen LogP contribution < -0.4 is 5.11 Å². The van der Waals surface area contributed by atoms with Crippen molar-refractivity contribution < 1.29 is 9.90 Å². The molecule has 0 bridgehead atoms. The summed E-state index contributed by atoms with van der Waals surface area (Å²) < 4.78 is 3.71. The Morgan fingerprint density at radius 2 is 1.79 bits per heavy atom. The minimum atomic E-state index is -1.13. The first-order valence-electron chi connectivity index (χ1n) is 8.77. The van der Waals surface area contributed by atoms with Crippen LogP contribution in [0.5, 0.6) is 0 Å². The molecule has 2 aromatic heterocycles. The lowest BCUT2D eigenvalue weighted by atomic mass is 10.1. The number of hydrogen-bond acceptors (Lipinski definition) is 7. The maximum absolute atomic E-state index is 10.9. The van der Waals surface area contributed by atoms with E-state index in [2.05, 4.69) is 32.6 Å². The number of hydrogen-bond donors (Lipinski definition) is 0. The maximum Gasteiger partial charge on any atom is 0.191 e. The first kappa shape index (κ1) is 18.2. The van der Waals surface area contributed by atoms with Crippen LogP contribution in [0.4, 0.5) is 0 Å². The number of thioether (sulfide) groups is 1. The highest BCUT2D eigenvalue weighted by molar-refractivity contribution is 7.99. The number of aromatic nitrogens is 6. The van der Waals surface area contributed by atoms with Crippen LogP contribution in [-0.4, -0.2) is 41.5 Å². The summed E-state index contributed by atoms with van der Waals surface area (Å²) in [4.78, 5) is 10.9. The molecule has 9 heteroatoms. The molecule has 2 aromatic carbocycles. The van der Waals surface area contributed by atoms with Gasteiger partial charge in [0.2, 0.25) is 0 Å². The van der Waals surface area contributed by atoms with Gasteiger partial charge in [0.1, 0.15) is 12.1 Å². The number of nitrogens with zero attached hydrogens (tertiary/aromatic N) is 6. The lowest BCUT2D eigenvalue weighted by Gasteiger charge is -2.11. The van der Waals surface area contributed by atoms with Crippen molar-refractivity contribution in [1.29, 1.82) is 0 Å². The lowest BCUT2D eigenvalue weighted by Crippen LogP contribution is -2.24. The molecule has 0 amide bonds. The topological polar surface area (TPSA) is 102 Å². The van der Waals surface area contributed by atoms with Gasteiger partial charge < -0.3 is 14.5 Å². The molecule has 4 rings (SSSR count). The molecule has 0 aliphatic carbocycles. The summed E-state index contributed by atoms with van der Waals surface area (Å²) in [6.45, 7) is 1.03. The molecule has 0 atom stereocenters. The zero-order valence-corrected chi connectivity index (χ0v) is 15.7. The Balaban J connectivity index is 1.61. The predicted octanol–water partition coefficient (Wildman–Crippen LogP) is 1.16. The molecular weight excluding hydrogens is 376 g/mol. The zero-order valence-electron chi connectivity index (χ0n) is 14.9. The minimum Gasteiger partial charge on any atom is -0.549 e.